The molecule has 5 nitrogen and oxygen atoms in total. The van der Waals surface area contributed by atoms with Gasteiger partial charge in [0.05, 0.1) is 18.6 Å². The molecule has 1 N–H and O–H groups in total. The van der Waals surface area contributed by atoms with E-state index in [1.54, 1.807) is 4.90 Å². The van der Waals surface area contributed by atoms with Crippen molar-refractivity contribution in [3.8, 4) is 0 Å². The van der Waals surface area contributed by atoms with Crippen LogP contribution in [0.3, 0.4) is 0 Å². The van der Waals surface area contributed by atoms with E-state index < -0.39 is 6.10 Å². The quantitative estimate of drug-likeness (QED) is 0.735. The van der Waals surface area contributed by atoms with Crippen LogP contribution in [-0.4, -0.2) is 46.4 Å². The number of aliphatic hydroxyl groups excluding tert-OH is 1. The van der Waals surface area contributed by atoms with Gasteiger partial charge in [0, 0.05) is 25.6 Å². The molecule has 0 aromatic heterocycles. The first-order valence-electron chi connectivity index (χ1n) is 11.2. The summed E-state index contributed by atoms with van der Waals surface area (Å²) in [6.07, 6.45) is 0.839. The van der Waals surface area contributed by atoms with Gasteiger partial charge in [-0.2, -0.15) is 0 Å². The van der Waals surface area contributed by atoms with Gasteiger partial charge in [0.1, 0.15) is 0 Å². The van der Waals surface area contributed by atoms with Crippen LogP contribution in [0.4, 0.5) is 0 Å². The normalized spacial score (nSPS) is 17.5. The smallest absolute Gasteiger partial charge is 0.227 e. The van der Waals surface area contributed by atoms with E-state index in [0.29, 0.717) is 19.6 Å². The van der Waals surface area contributed by atoms with Crippen molar-refractivity contribution in [3.05, 3.63) is 71.3 Å². The summed E-state index contributed by atoms with van der Waals surface area (Å²) in [5.41, 5.74) is 2.91. The fourth-order valence-corrected chi connectivity index (χ4v) is 4.23. The zero-order valence-corrected chi connectivity index (χ0v) is 18.8. The van der Waals surface area contributed by atoms with Crippen LogP contribution in [0.25, 0.3) is 0 Å². The van der Waals surface area contributed by atoms with Crippen LogP contribution >= 0.6 is 0 Å². The van der Waals surface area contributed by atoms with Crippen LogP contribution < -0.4 is 0 Å². The molecule has 1 heterocycles. The lowest BCUT2D eigenvalue weighted by molar-refractivity contribution is -0.143. The van der Waals surface area contributed by atoms with Gasteiger partial charge in [-0.1, -0.05) is 74.0 Å². The first-order valence-corrected chi connectivity index (χ1v) is 11.2. The van der Waals surface area contributed by atoms with E-state index in [2.05, 4.69) is 0 Å². The molecule has 166 valence electrons. The zero-order chi connectivity index (χ0) is 22.4. The van der Waals surface area contributed by atoms with E-state index in [9.17, 15) is 14.7 Å². The Morgan fingerprint density at radius 2 is 1.87 bits per heavy atom. The topological polar surface area (TPSA) is 60.9 Å². The van der Waals surface area contributed by atoms with Gasteiger partial charge in [-0.15, -0.1) is 0 Å². The van der Waals surface area contributed by atoms with Gasteiger partial charge < -0.3 is 14.9 Å². The van der Waals surface area contributed by atoms with Crippen LogP contribution in [-0.2, 0) is 16.1 Å². The number of aryl methyl sites for hydroxylation is 1. The molecule has 1 fully saturated rings. The molecule has 1 saturated heterocycles. The van der Waals surface area contributed by atoms with Crippen molar-refractivity contribution >= 4 is 11.8 Å². The molecule has 0 spiro atoms. The molecule has 3 rings (SSSR count). The van der Waals surface area contributed by atoms with Crippen molar-refractivity contribution < 1.29 is 14.7 Å². The minimum Gasteiger partial charge on any atom is -0.387 e. The van der Waals surface area contributed by atoms with Gasteiger partial charge in [-0.05, 0) is 30.9 Å². The molecule has 0 radical (unpaired) electrons. The van der Waals surface area contributed by atoms with Gasteiger partial charge in [-0.3, -0.25) is 9.59 Å². The number of likely N-dealkylation sites (tertiary alicyclic amines) is 1. The number of amides is 2. The Balaban J connectivity index is 1.78. The van der Waals surface area contributed by atoms with Crippen molar-refractivity contribution in [2.45, 2.75) is 46.3 Å². The van der Waals surface area contributed by atoms with Crippen molar-refractivity contribution in [1.29, 1.82) is 0 Å². The molecule has 5 heteroatoms. The third-order valence-electron chi connectivity index (χ3n) is 5.92. The fourth-order valence-electron chi connectivity index (χ4n) is 4.23. The van der Waals surface area contributed by atoms with E-state index in [4.69, 9.17) is 0 Å². The highest BCUT2D eigenvalue weighted by Crippen LogP contribution is 2.24. The first-order chi connectivity index (χ1) is 14.8. The summed E-state index contributed by atoms with van der Waals surface area (Å²) < 4.78 is 0. The number of rotatable bonds is 7. The largest absolute Gasteiger partial charge is 0.387 e. The van der Waals surface area contributed by atoms with Crippen LogP contribution in [0.15, 0.2) is 54.6 Å². The van der Waals surface area contributed by atoms with Gasteiger partial charge in [0.2, 0.25) is 11.8 Å². The summed E-state index contributed by atoms with van der Waals surface area (Å²) in [4.78, 5) is 29.6. The average molecular weight is 423 g/mol. The third kappa shape index (κ3) is 6.17. The van der Waals surface area contributed by atoms with Crippen LogP contribution in [0, 0.1) is 18.8 Å². The minimum absolute atomic E-state index is 0.0109. The Bertz CT molecular complexity index is 881. The molecule has 1 aliphatic rings. The fraction of sp³-hybridized carbons (Fsp3) is 0.462. The average Bonchev–Trinajstić information content (AvgIpc) is 2.78. The molecular weight excluding hydrogens is 388 g/mol. The monoisotopic (exact) mass is 422 g/mol. The van der Waals surface area contributed by atoms with Crippen LogP contribution in [0.5, 0.6) is 0 Å². The standard InChI is InChI=1S/C26H34N2O3/c1-19(2)25(30)27-14-8-13-23(17-27)26(31)28(16-21-10-5-4-6-11-21)18-24(29)22-12-7-9-20(3)15-22/h4-7,9-12,15,19,23-24,29H,8,13-14,16-18H2,1-3H3/t23-,24-/m0/s1. The molecule has 2 amide bonds. The Kier molecular flexibility index (Phi) is 7.85. The predicted octanol–water partition coefficient (Wildman–Crippen LogP) is 3.95. The number of carbonyl (C=O) groups is 2. The van der Waals surface area contributed by atoms with Gasteiger partial charge in [0.25, 0.3) is 0 Å². The molecule has 0 unspecified atom stereocenters. The second-order valence-corrected chi connectivity index (χ2v) is 8.91. The molecule has 1 aliphatic heterocycles. The number of hydrogen-bond acceptors (Lipinski definition) is 3. The lowest BCUT2D eigenvalue weighted by atomic mass is 9.94. The van der Waals surface area contributed by atoms with Gasteiger partial charge in [-0.25, -0.2) is 0 Å². The summed E-state index contributed by atoms with van der Waals surface area (Å²) in [7, 11) is 0. The zero-order valence-electron chi connectivity index (χ0n) is 18.8. The summed E-state index contributed by atoms with van der Waals surface area (Å²) in [5.74, 6) is -0.189. The summed E-state index contributed by atoms with van der Waals surface area (Å²) >= 11 is 0. The molecule has 31 heavy (non-hydrogen) atoms. The van der Waals surface area contributed by atoms with Crippen molar-refractivity contribution in [1.82, 2.24) is 9.80 Å². The molecule has 2 aromatic rings. The maximum Gasteiger partial charge on any atom is 0.227 e. The highest BCUT2D eigenvalue weighted by Gasteiger charge is 2.32. The second-order valence-electron chi connectivity index (χ2n) is 8.91. The molecule has 2 aromatic carbocycles. The Hall–Kier alpha value is -2.66. The van der Waals surface area contributed by atoms with E-state index >= 15 is 0 Å². The molecule has 0 saturated carbocycles. The van der Waals surface area contributed by atoms with E-state index in [1.165, 1.54) is 0 Å². The highest BCUT2D eigenvalue weighted by atomic mass is 16.3. The number of carbonyl (C=O) groups excluding carboxylic acids is 2. The van der Waals surface area contributed by atoms with E-state index in [1.807, 2.05) is 80.3 Å². The van der Waals surface area contributed by atoms with Crippen molar-refractivity contribution in [2.75, 3.05) is 19.6 Å². The maximum absolute atomic E-state index is 13.6. The first kappa shape index (κ1) is 23.0. The molecule has 0 bridgehead atoms. The van der Waals surface area contributed by atoms with Crippen LogP contribution in [0.2, 0.25) is 0 Å². The second kappa shape index (κ2) is 10.6. The Labute approximate surface area is 185 Å². The SMILES string of the molecule is Cc1cccc([C@@H](O)CN(Cc2ccccc2)C(=O)[C@H]2CCCN(C(=O)C(C)C)C2)c1. The predicted molar refractivity (Wildman–Crippen MR) is 122 cm³/mol. The molecule has 2 atom stereocenters. The highest BCUT2D eigenvalue weighted by molar-refractivity contribution is 5.82. The Morgan fingerprint density at radius 3 is 2.55 bits per heavy atom. The van der Waals surface area contributed by atoms with Crippen LogP contribution in [0.1, 0.15) is 49.5 Å². The van der Waals surface area contributed by atoms with E-state index in [-0.39, 0.29) is 30.2 Å². The lowest BCUT2D eigenvalue weighted by Crippen LogP contribution is -2.48. The number of hydrogen-bond donors (Lipinski definition) is 1. The Morgan fingerprint density at radius 1 is 1.13 bits per heavy atom. The van der Waals surface area contributed by atoms with E-state index in [0.717, 1.165) is 29.5 Å². The number of aliphatic hydroxyl groups is 1. The number of nitrogens with zero attached hydrogens (tertiary/aromatic N) is 2. The van der Waals surface area contributed by atoms with Crippen molar-refractivity contribution in [3.63, 3.8) is 0 Å². The third-order valence-corrected chi connectivity index (χ3v) is 5.92. The lowest BCUT2D eigenvalue weighted by Gasteiger charge is -2.36. The molecular formula is C26H34N2O3. The summed E-state index contributed by atoms with van der Waals surface area (Å²) in [5, 5.41) is 10.9. The minimum atomic E-state index is -0.760. The summed E-state index contributed by atoms with van der Waals surface area (Å²) in [6.45, 7) is 7.63. The molecule has 0 aliphatic carbocycles. The number of benzene rings is 2. The van der Waals surface area contributed by atoms with Gasteiger partial charge in [0.15, 0.2) is 0 Å². The number of piperidine rings is 1. The van der Waals surface area contributed by atoms with Crippen molar-refractivity contribution in [2.24, 2.45) is 11.8 Å². The summed E-state index contributed by atoms with van der Waals surface area (Å²) in [6, 6.07) is 17.6. The maximum atomic E-state index is 13.6. The van der Waals surface area contributed by atoms with Gasteiger partial charge >= 0.3 is 0 Å².